The largest absolute Gasteiger partial charge is 0.384 e. The van der Waals surface area contributed by atoms with Crippen LogP contribution in [0.3, 0.4) is 0 Å². The molecule has 1 aliphatic heterocycles. The van der Waals surface area contributed by atoms with Gasteiger partial charge in [-0.15, -0.1) is 11.6 Å². The minimum atomic E-state index is -3.33. The Bertz CT molecular complexity index is 335. The van der Waals surface area contributed by atoms with Gasteiger partial charge in [0.25, 0.3) is 10.2 Å². The van der Waals surface area contributed by atoms with Gasteiger partial charge in [-0.1, -0.05) is 0 Å². The predicted octanol–water partition coefficient (Wildman–Crippen LogP) is 1.15. The van der Waals surface area contributed by atoms with E-state index in [0.717, 1.165) is 12.8 Å². The van der Waals surface area contributed by atoms with Crippen molar-refractivity contribution in [3.05, 3.63) is 0 Å². The molecular weight excluding hydrogens is 276 g/mol. The normalized spacial score (nSPS) is 22.6. The topological polar surface area (TPSA) is 49.9 Å². The number of ether oxygens (including phenoxy) is 1. The SMILES string of the molecule is COCC1CCCN(S(=O)(=O)N(C)CCCCl)C1. The lowest BCUT2D eigenvalue weighted by Gasteiger charge is -2.34. The second-order valence-electron chi connectivity index (χ2n) is 4.69. The zero-order chi connectivity index (χ0) is 13.6. The molecule has 0 saturated carbocycles. The van der Waals surface area contributed by atoms with Crippen molar-refractivity contribution < 1.29 is 13.2 Å². The molecule has 0 spiro atoms. The first-order valence-corrected chi connectivity index (χ1v) is 8.21. The number of halogens is 1. The Morgan fingerprint density at radius 3 is 2.83 bits per heavy atom. The van der Waals surface area contributed by atoms with Crippen LogP contribution >= 0.6 is 11.6 Å². The standard InChI is InChI=1S/C11H23ClN2O3S/c1-13(7-4-6-12)18(15,16)14-8-3-5-11(9-14)10-17-2/h11H,3-10H2,1-2H3. The molecule has 0 bridgehead atoms. The molecule has 0 aromatic carbocycles. The van der Waals surface area contributed by atoms with Crippen molar-refractivity contribution in [3.63, 3.8) is 0 Å². The number of methoxy groups -OCH3 is 1. The van der Waals surface area contributed by atoms with Crippen LogP contribution in [0.15, 0.2) is 0 Å². The molecule has 1 saturated heterocycles. The lowest BCUT2D eigenvalue weighted by Crippen LogP contribution is -2.47. The summed E-state index contributed by atoms with van der Waals surface area (Å²) in [5.41, 5.74) is 0. The van der Waals surface area contributed by atoms with Crippen LogP contribution in [0.2, 0.25) is 0 Å². The summed E-state index contributed by atoms with van der Waals surface area (Å²) >= 11 is 5.59. The van der Waals surface area contributed by atoms with Gasteiger partial charge in [-0.25, -0.2) is 0 Å². The van der Waals surface area contributed by atoms with Gasteiger partial charge in [0, 0.05) is 39.7 Å². The van der Waals surface area contributed by atoms with Crippen molar-refractivity contribution >= 4 is 21.8 Å². The second kappa shape index (κ2) is 7.65. The Morgan fingerprint density at radius 1 is 1.50 bits per heavy atom. The van der Waals surface area contributed by atoms with Crippen molar-refractivity contribution in [2.24, 2.45) is 5.92 Å². The van der Waals surface area contributed by atoms with Crippen molar-refractivity contribution in [1.82, 2.24) is 8.61 Å². The molecule has 7 heteroatoms. The van der Waals surface area contributed by atoms with Crippen LogP contribution in [0, 0.1) is 5.92 Å². The zero-order valence-corrected chi connectivity index (χ0v) is 12.7. The maximum atomic E-state index is 12.3. The van der Waals surface area contributed by atoms with Crippen LogP contribution in [0.25, 0.3) is 0 Å². The summed E-state index contributed by atoms with van der Waals surface area (Å²) in [6.07, 6.45) is 2.61. The lowest BCUT2D eigenvalue weighted by atomic mass is 10.0. The summed E-state index contributed by atoms with van der Waals surface area (Å²) in [7, 11) is -0.0673. The fourth-order valence-corrected chi connectivity index (χ4v) is 3.84. The van der Waals surface area contributed by atoms with Crippen molar-refractivity contribution in [2.45, 2.75) is 19.3 Å². The highest BCUT2D eigenvalue weighted by molar-refractivity contribution is 7.86. The van der Waals surface area contributed by atoms with Gasteiger partial charge in [0.05, 0.1) is 6.61 Å². The molecule has 1 atom stereocenters. The number of piperidine rings is 1. The molecule has 0 N–H and O–H groups in total. The highest BCUT2D eigenvalue weighted by Gasteiger charge is 2.31. The van der Waals surface area contributed by atoms with Crippen LogP contribution in [-0.4, -0.2) is 63.3 Å². The Balaban J connectivity index is 2.60. The molecule has 18 heavy (non-hydrogen) atoms. The lowest BCUT2D eigenvalue weighted by molar-refractivity contribution is 0.116. The fourth-order valence-electron chi connectivity index (χ4n) is 2.20. The summed E-state index contributed by atoms with van der Waals surface area (Å²) in [4.78, 5) is 0. The van der Waals surface area contributed by atoms with Gasteiger partial charge in [-0.3, -0.25) is 0 Å². The highest BCUT2D eigenvalue weighted by Crippen LogP contribution is 2.20. The van der Waals surface area contributed by atoms with E-state index in [1.54, 1.807) is 18.5 Å². The number of nitrogens with zero attached hydrogens (tertiary/aromatic N) is 2. The molecule has 0 radical (unpaired) electrons. The van der Waals surface area contributed by atoms with E-state index in [1.807, 2.05) is 0 Å². The van der Waals surface area contributed by atoms with Crippen molar-refractivity contribution in [3.8, 4) is 0 Å². The minimum Gasteiger partial charge on any atom is -0.384 e. The van der Waals surface area contributed by atoms with E-state index in [4.69, 9.17) is 16.3 Å². The Morgan fingerprint density at radius 2 is 2.22 bits per heavy atom. The summed E-state index contributed by atoms with van der Waals surface area (Å²) in [5.74, 6) is 0.784. The fraction of sp³-hybridized carbons (Fsp3) is 1.00. The molecule has 0 aromatic rings. The van der Waals surface area contributed by atoms with E-state index in [2.05, 4.69) is 0 Å². The van der Waals surface area contributed by atoms with Gasteiger partial charge < -0.3 is 4.74 Å². The van der Waals surface area contributed by atoms with Gasteiger partial charge in [0.1, 0.15) is 0 Å². The third-order valence-electron chi connectivity index (χ3n) is 3.21. The van der Waals surface area contributed by atoms with Crippen LogP contribution in [0.4, 0.5) is 0 Å². The van der Waals surface area contributed by atoms with Gasteiger partial charge in [0.2, 0.25) is 0 Å². The molecule has 0 aromatic heterocycles. The van der Waals surface area contributed by atoms with Crippen LogP contribution in [-0.2, 0) is 14.9 Å². The minimum absolute atomic E-state index is 0.306. The number of rotatable bonds is 7. The molecule has 108 valence electrons. The van der Waals surface area contributed by atoms with Gasteiger partial charge in [-0.2, -0.15) is 17.0 Å². The average Bonchev–Trinajstić information content (AvgIpc) is 2.36. The van der Waals surface area contributed by atoms with E-state index < -0.39 is 10.2 Å². The molecule has 5 nitrogen and oxygen atoms in total. The zero-order valence-electron chi connectivity index (χ0n) is 11.1. The molecule has 1 rings (SSSR count). The maximum Gasteiger partial charge on any atom is 0.281 e. The summed E-state index contributed by atoms with van der Waals surface area (Å²) in [6.45, 7) is 2.25. The second-order valence-corrected chi connectivity index (χ2v) is 7.11. The third-order valence-corrected chi connectivity index (χ3v) is 5.43. The molecule has 1 aliphatic rings. The van der Waals surface area contributed by atoms with Crippen molar-refractivity contribution in [2.75, 3.05) is 46.3 Å². The predicted molar refractivity (Wildman–Crippen MR) is 73.1 cm³/mol. The van der Waals surface area contributed by atoms with Crippen LogP contribution < -0.4 is 0 Å². The summed E-state index contributed by atoms with van der Waals surface area (Å²) < 4.78 is 32.7. The van der Waals surface area contributed by atoms with E-state index in [-0.39, 0.29) is 0 Å². The van der Waals surface area contributed by atoms with E-state index >= 15 is 0 Å². The molecule has 0 amide bonds. The maximum absolute atomic E-state index is 12.3. The first-order chi connectivity index (χ1) is 8.52. The smallest absolute Gasteiger partial charge is 0.281 e. The Kier molecular flexibility index (Phi) is 6.87. The molecular formula is C11H23ClN2O3S. The molecule has 1 fully saturated rings. The molecule has 1 heterocycles. The quantitative estimate of drug-likeness (QED) is 0.663. The van der Waals surface area contributed by atoms with Gasteiger partial charge >= 0.3 is 0 Å². The number of hydrogen-bond donors (Lipinski definition) is 0. The Labute approximate surface area is 115 Å². The monoisotopic (exact) mass is 298 g/mol. The number of hydrogen-bond acceptors (Lipinski definition) is 3. The first kappa shape index (κ1) is 16.2. The van der Waals surface area contributed by atoms with Gasteiger partial charge in [-0.05, 0) is 25.2 Å². The van der Waals surface area contributed by atoms with Crippen LogP contribution in [0.1, 0.15) is 19.3 Å². The van der Waals surface area contributed by atoms with E-state index in [0.29, 0.717) is 44.5 Å². The molecule has 0 aliphatic carbocycles. The van der Waals surface area contributed by atoms with Gasteiger partial charge in [0.15, 0.2) is 0 Å². The van der Waals surface area contributed by atoms with Crippen molar-refractivity contribution in [1.29, 1.82) is 0 Å². The summed E-state index contributed by atoms with van der Waals surface area (Å²) in [6, 6.07) is 0. The van der Waals surface area contributed by atoms with E-state index in [9.17, 15) is 8.42 Å². The molecule has 1 unspecified atom stereocenters. The number of alkyl halides is 1. The van der Waals surface area contributed by atoms with Crippen LogP contribution in [0.5, 0.6) is 0 Å². The highest BCUT2D eigenvalue weighted by atomic mass is 35.5. The third kappa shape index (κ3) is 4.35. The van der Waals surface area contributed by atoms with E-state index in [1.165, 1.54) is 4.31 Å². The average molecular weight is 299 g/mol. The first-order valence-electron chi connectivity index (χ1n) is 6.28. The summed E-state index contributed by atoms with van der Waals surface area (Å²) in [5, 5.41) is 0. The Hall–Kier alpha value is 0.120.